The van der Waals surface area contributed by atoms with E-state index in [1.165, 1.54) is 0 Å². The zero-order valence-corrected chi connectivity index (χ0v) is 17.8. The van der Waals surface area contributed by atoms with Crippen molar-refractivity contribution in [2.45, 2.75) is 40.2 Å². The molecule has 3 aromatic carbocycles. The summed E-state index contributed by atoms with van der Waals surface area (Å²) in [5, 5.41) is 8.68. The molecule has 0 unspecified atom stereocenters. The number of aryl methyl sites for hydroxylation is 2. The van der Waals surface area contributed by atoms with Crippen molar-refractivity contribution in [3.05, 3.63) is 89.0 Å². The molecule has 6 heteroatoms. The van der Waals surface area contributed by atoms with Crippen LogP contribution in [0, 0.1) is 18.6 Å². The third-order valence-electron chi connectivity index (χ3n) is 4.22. The lowest BCUT2D eigenvalue weighted by Gasteiger charge is -2.11. The van der Waals surface area contributed by atoms with E-state index >= 15 is 0 Å². The van der Waals surface area contributed by atoms with Crippen LogP contribution in [0.4, 0.5) is 8.78 Å². The first kappa shape index (κ1) is 23.9. The molecule has 0 aliphatic carbocycles. The largest absolute Gasteiger partial charge is 0.483 e. The second kappa shape index (κ2) is 11.7. The van der Waals surface area contributed by atoms with Gasteiger partial charge in [0.05, 0.1) is 0 Å². The van der Waals surface area contributed by atoms with Gasteiger partial charge in [-0.3, -0.25) is 4.79 Å². The molecule has 0 heterocycles. The Morgan fingerprint density at radius 2 is 1.55 bits per heavy atom. The Hall–Kier alpha value is -3.41. The van der Waals surface area contributed by atoms with Crippen molar-refractivity contribution in [2.24, 2.45) is 0 Å². The van der Waals surface area contributed by atoms with Crippen molar-refractivity contribution in [3.63, 3.8) is 0 Å². The molecule has 0 saturated carbocycles. The molecule has 0 saturated heterocycles. The Morgan fingerprint density at radius 3 is 2.16 bits per heavy atom. The first-order valence-electron chi connectivity index (χ1n) is 10.1. The highest BCUT2D eigenvalue weighted by Crippen LogP contribution is 2.27. The summed E-state index contributed by atoms with van der Waals surface area (Å²) in [6, 6.07) is 16.8. The van der Waals surface area contributed by atoms with Gasteiger partial charge in [0.2, 0.25) is 0 Å². The van der Waals surface area contributed by atoms with E-state index in [4.69, 9.17) is 14.6 Å². The molecule has 31 heavy (non-hydrogen) atoms. The number of benzene rings is 3. The lowest BCUT2D eigenvalue weighted by Crippen LogP contribution is -2.03. The summed E-state index contributed by atoms with van der Waals surface area (Å²) in [5.74, 6) is -1.98. The summed E-state index contributed by atoms with van der Waals surface area (Å²) in [6.07, 6.45) is -0.158. The zero-order chi connectivity index (χ0) is 22.8. The molecule has 0 fully saturated rings. The molecular weight excluding hydrogens is 402 g/mol. The van der Waals surface area contributed by atoms with Crippen LogP contribution in [-0.2, 0) is 17.8 Å². The summed E-state index contributed by atoms with van der Waals surface area (Å²) in [4.78, 5) is 10.6. The van der Waals surface area contributed by atoms with Crippen LogP contribution in [0.15, 0.2) is 60.7 Å². The van der Waals surface area contributed by atoms with Crippen LogP contribution < -0.4 is 9.47 Å². The van der Waals surface area contributed by atoms with Crippen LogP contribution in [0.5, 0.6) is 17.2 Å². The molecule has 0 aliphatic heterocycles. The zero-order valence-electron chi connectivity index (χ0n) is 17.8. The van der Waals surface area contributed by atoms with Crippen molar-refractivity contribution in [3.8, 4) is 17.2 Å². The number of rotatable bonds is 8. The van der Waals surface area contributed by atoms with Gasteiger partial charge < -0.3 is 14.6 Å². The van der Waals surface area contributed by atoms with Crippen LogP contribution in [0.1, 0.15) is 37.0 Å². The number of aliphatic carboxylic acids is 1. The van der Waals surface area contributed by atoms with Crippen LogP contribution >= 0.6 is 0 Å². The number of hydrogen-bond acceptors (Lipinski definition) is 3. The number of ether oxygens (including phenoxy) is 2. The van der Waals surface area contributed by atoms with Gasteiger partial charge in [0, 0.05) is 6.42 Å². The van der Waals surface area contributed by atoms with Gasteiger partial charge in [-0.1, -0.05) is 43.7 Å². The SMILES string of the molecule is CC.Cc1ccc(Oc2cccc(COc3c(F)cc(CCC(=O)O)cc3F)c2)cc1. The van der Waals surface area contributed by atoms with E-state index < -0.39 is 23.4 Å². The number of carboxylic acid groups (broad SMARTS) is 1. The molecular formula is C25H26F2O4. The minimum absolute atomic E-state index is 0.0435. The summed E-state index contributed by atoms with van der Waals surface area (Å²) in [7, 11) is 0. The Kier molecular flexibility index (Phi) is 9.00. The molecule has 0 radical (unpaired) electrons. The van der Waals surface area contributed by atoms with Gasteiger partial charge in [0.1, 0.15) is 18.1 Å². The van der Waals surface area contributed by atoms with E-state index in [1.54, 1.807) is 24.3 Å². The van der Waals surface area contributed by atoms with Gasteiger partial charge >= 0.3 is 5.97 Å². The molecule has 0 atom stereocenters. The van der Waals surface area contributed by atoms with Crippen LogP contribution in [0.2, 0.25) is 0 Å². The molecule has 0 spiro atoms. The average Bonchev–Trinajstić information content (AvgIpc) is 2.75. The predicted molar refractivity (Wildman–Crippen MR) is 116 cm³/mol. The lowest BCUT2D eigenvalue weighted by molar-refractivity contribution is -0.136. The summed E-state index contributed by atoms with van der Waals surface area (Å²) in [6.45, 7) is 5.94. The van der Waals surface area contributed by atoms with E-state index in [2.05, 4.69) is 0 Å². The molecule has 3 rings (SSSR count). The van der Waals surface area contributed by atoms with Crippen LogP contribution in [0.25, 0.3) is 0 Å². The molecule has 0 aliphatic rings. The topological polar surface area (TPSA) is 55.8 Å². The van der Waals surface area contributed by atoms with E-state index in [0.717, 1.165) is 17.7 Å². The minimum Gasteiger partial charge on any atom is -0.483 e. The summed E-state index contributed by atoms with van der Waals surface area (Å²) in [5.41, 5.74) is 2.07. The Labute approximate surface area is 181 Å². The first-order valence-corrected chi connectivity index (χ1v) is 10.1. The second-order valence-corrected chi connectivity index (χ2v) is 6.63. The predicted octanol–water partition coefficient (Wildman–Crippen LogP) is 6.69. The molecule has 4 nitrogen and oxygen atoms in total. The van der Waals surface area contributed by atoms with Gasteiger partial charge in [-0.05, 0) is 60.9 Å². The quantitative estimate of drug-likeness (QED) is 0.434. The Morgan fingerprint density at radius 1 is 0.903 bits per heavy atom. The average molecular weight is 428 g/mol. The monoisotopic (exact) mass is 428 g/mol. The van der Waals surface area contributed by atoms with Crippen molar-refractivity contribution in [1.82, 2.24) is 0 Å². The normalized spacial score (nSPS) is 10.1. The second-order valence-electron chi connectivity index (χ2n) is 6.63. The van der Waals surface area contributed by atoms with Crippen LogP contribution in [0.3, 0.4) is 0 Å². The number of carbonyl (C=O) groups is 1. The number of hydrogen-bond donors (Lipinski definition) is 1. The van der Waals surface area contributed by atoms with Crippen LogP contribution in [-0.4, -0.2) is 11.1 Å². The van der Waals surface area contributed by atoms with Gasteiger partial charge in [0.15, 0.2) is 17.4 Å². The van der Waals surface area contributed by atoms with E-state index in [9.17, 15) is 13.6 Å². The highest BCUT2D eigenvalue weighted by molar-refractivity contribution is 5.67. The van der Waals surface area contributed by atoms with E-state index in [0.29, 0.717) is 17.1 Å². The number of halogens is 2. The third kappa shape index (κ3) is 7.41. The molecule has 3 aromatic rings. The molecule has 1 N–H and O–H groups in total. The molecule has 164 valence electrons. The standard InChI is InChI=1S/C23H20F2O4.C2H6/c1-15-5-8-18(9-6-15)29-19-4-2-3-17(11-19)14-28-23-20(24)12-16(13-21(23)25)7-10-22(26)27;1-2/h2-6,8-9,11-13H,7,10,14H2,1H3,(H,26,27);1-2H3. The van der Waals surface area contributed by atoms with Gasteiger partial charge in [-0.25, -0.2) is 8.78 Å². The maximum absolute atomic E-state index is 14.2. The summed E-state index contributed by atoms with van der Waals surface area (Å²) < 4.78 is 39.5. The maximum atomic E-state index is 14.2. The summed E-state index contributed by atoms with van der Waals surface area (Å²) >= 11 is 0. The van der Waals surface area contributed by atoms with Crippen molar-refractivity contribution in [2.75, 3.05) is 0 Å². The fourth-order valence-electron chi connectivity index (χ4n) is 2.74. The van der Waals surface area contributed by atoms with E-state index in [1.807, 2.05) is 45.0 Å². The molecule has 0 amide bonds. The van der Waals surface area contributed by atoms with Gasteiger partial charge in [0.25, 0.3) is 0 Å². The Balaban J connectivity index is 0.00000166. The van der Waals surface area contributed by atoms with Crippen molar-refractivity contribution >= 4 is 5.97 Å². The van der Waals surface area contributed by atoms with Gasteiger partial charge in [-0.2, -0.15) is 0 Å². The molecule has 0 bridgehead atoms. The van der Waals surface area contributed by atoms with E-state index in [-0.39, 0.29) is 25.0 Å². The smallest absolute Gasteiger partial charge is 0.303 e. The fraction of sp³-hybridized carbons (Fsp3) is 0.240. The number of carboxylic acids is 1. The first-order chi connectivity index (χ1) is 14.9. The fourth-order valence-corrected chi connectivity index (χ4v) is 2.74. The van der Waals surface area contributed by atoms with Gasteiger partial charge in [-0.15, -0.1) is 0 Å². The Bertz CT molecular complexity index is 978. The highest BCUT2D eigenvalue weighted by atomic mass is 19.1. The van der Waals surface area contributed by atoms with Crippen molar-refractivity contribution in [1.29, 1.82) is 0 Å². The third-order valence-corrected chi connectivity index (χ3v) is 4.22. The highest BCUT2D eigenvalue weighted by Gasteiger charge is 2.14. The molecule has 0 aromatic heterocycles. The maximum Gasteiger partial charge on any atom is 0.303 e. The van der Waals surface area contributed by atoms with Crippen molar-refractivity contribution < 1.29 is 28.2 Å². The minimum atomic E-state index is -1.03. The lowest BCUT2D eigenvalue weighted by atomic mass is 10.1.